The second-order valence-corrected chi connectivity index (χ2v) is 16.3. The zero-order valence-electron chi connectivity index (χ0n) is 39.4. The number of carbonyl (C=O) groups is 3. The predicted molar refractivity (Wildman–Crippen MR) is 273 cm³/mol. The number of fused-ring (bicyclic) bond motifs is 2. The number of unbranched alkanes of at least 4 members (excludes halogenated alkanes) is 7. The van der Waals surface area contributed by atoms with Crippen molar-refractivity contribution in [1.82, 2.24) is 0 Å². The molecular formula is C59H57NO10. The molecule has 0 unspecified atom stereocenters. The fraction of sp³-hybridized carbons (Fsp3) is 0.271. The molecule has 6 rings (SSSR count). The SMILES string of the molecule is C=CC(=O)OCCCCCCOc1ccc2cc(C#Cc3ccc(OCCCCOc4ccc(C#Cc5ccc6cc(OCCCCCCOC(=O)C=C)ccc6c5)cc4C(=O)N=O)cc3)ccc2c1. The second kappa shape index (κ2) is 28.2. The largest absolute Gasteiger partial charge is 0.494 e. The lowest BCUT2D eigenvalue weighted by atomic mass is 10.1. The molecule has 11 heteroatoms. The van der Waals surface area contributed by atoms with Gasteiger partial charge in [-0.05, 0) is 177 Å². The fourth-order valence-corrected chi connectivity index (χ4v) is 7.19. The first-order valence-corrected chi connectivity index (χ1v) is 23.6. The summed E-state index contributed by atoms with van der Waals surface area (Å²) in [6, 6.07) is 36.6. The molecule has 0 saturated carbocycles. The van der Waals surface area contributed by atoms with Gasteiger partial charge in [0.25, 0.3) is 0 Å². The van der Waals surface area contributed by atoms with Gasteiger partial charge >= 0.3 is 17.8 Å². The Kier molecular flexibility index (Phi) is 20.7. The maximum absolute atomic E-state index is 12.5. The van der Waals surface area contributed by atoms with Crippen LogP contribution in [0.1, 0.15) is 96.8 Å². The van der Waals surface area contributed by atoms with E-state index in [0.29, 0.717) is 58.0 Å². The number of nitrogens with zero attached hydrogens (tertiary/aromatic N) is 1. The Morgan fingerprint density at radius 2 is 0.786 bits per heavy atom. The van der Waals surface area contributed by atoms with Gasteiger partial charge in [-0.2, -0.15) is 0 Å². The number of ether oxygens (including phenoxy) is 6. The lowest BCUT2D eigenvalue weighted by Crippen LogP contribution is -2.06. The number of rotatable bonds is 26. The van der Waals surface area contributed by atoms with Crippen LogP contribution in [0.2, 0.25) is 0 Å². The molecule has 11 nitrogen and oxygen atoms in total. The summed E-state index contributed by atoms with van der Waals surface area (Å²) in [7, 11) is 0. The third-order valence-corrected chi connectivity index (χ3v) is 11.0. The maximum atomic E-state index is 12.5. The van der Waals surface area contributed by atoms with Crippen LogP contribution in [-0.4, -0.2) is 57.5 Å². The van der Waals surface area contributed by atoms with Crippen molar-refractivity contribution in [3.05, 3.63) is 173 Å². The van der Waals surface area contributed by atoms with Gasteiger partial charge in [0.15, 0.2) is 0 Å². The Bertz CT molecular complexity index is 2880. The molecule has 0 spiro atoms. The number of hydrogen-bond donors (Lipinski definition) is 0. The number of carbonyl (C=O) groups excluding carboxylic acids is 3. The molecule has 0 aliphatic heterocycles. The lowest BCUT2D eigenvalue weighted by molar-refractivity contribution is -0.138. The smallest absolute Gasteiger partial charge is 0.330 e. The predicted octanol–water partition coefficient (Wildman–Crippen LogP) is 12.3. The summed E-state index contributed by atoms with van der Waals surface area (Å²) in [6.45, 7) is 9.61. The summed E-state index contributed by atoms with van der Waals surface area (Å²) in [4.78, 5) is 46.0. The quantitative estimate of drug-likeness (QED) is 0.0170. The van der Waals surface area contributed by atoms with Crippen molar-refractivity contribution in [1.29, 1.82) is 0 Å². The Morgan fingerprint density at radius 3 is 1.29 bits per heavy atom. The van der Waals surface area contributed by atoms with Gasteiger partial charge in [0.05, 0.1) is 45.2 Å². The van der Waals surface area contributed by atoms with E-state index in [9.17, 15) is 19.3 Å². The van der Waals surface area contributed by atoms with E-state index in [2.05, 4.69) is 54.1 Å². The van der Waals surface area contributed by atoms with Crippen molar-refractivity contribution >= 4 is 39.4 Å². The lowest BCUT2D eigenvalue weighted by Gasteiger charge is -2.10. The highest BCUT2D eigenvalue weighted by atomic mass is 16.5. The van der Waals surface area contributed by atoms with E-state index < -0.39 is 11.9 Å². The van der Waals surface area contributed by atoms with E-state index in [0.717, 1.165) is 107 Å². The number of esters is 2. The van der Waals surface area contributed by atoms with Crippen molar-refractivity contribution in [2.75, 3.05) is 39.6 Å². The molecule has 0 aliphatic carbocycles. The number of amides is 1. The molecule has 0 aromatic heterocycles. The third-order valence-electron chi connectivity index (χ3n) is 11.0. The molecular weight excluding hydrogens is 883 g/mol. The van der Waals surface area contributed by atoms with Crippen molar-refractivity contribution in [3.8, 4) is 46.7 Å². The summed E-state index contributed by atoms with van der Waals surface area (Å²) in [5, 5.41) is 6.83. The van der Waals surface area contributed by atoms with Crippen LogP contribution < -0.4 is 18.9 Å². The van der Waals surface area contributed by atoms with Gasteiger partial charge in [-0.15, -0.1) is 4.91 Å². The number of hydrogen-bond acceptors (Lipinski definition) is 10. The topological polar surface area (TPSA) is 136 Å². The molecule has 6 aromatic rings. The van der Waals surface area contributed by atoms with Crippen LogP contribution >= 0.6 is 0 Å². The molecule has 0 aliphatic rings. The molecule has 1 amide bonds. The number of nitroso groups, excluding NO2 is 1. The molecule has 0 N–H and O–H groups in total. The molecule has 0 saturated heterocycles. The Labute approximate surface area is 409 Å². The van der Waals surface area contributed by atoms with Gasteiger partial charge in [0.2, 0.25) is 0 Å². The van der Waals surface area contributed by atoms with Gasteiger partial charge in [0.1, 0.15) is 23.0 Å². The van der Waals surface area contributed by atoms with Crippen molar-refractivity contribution < 1.29 is 42.8 Å². The maximum Gasteiger partial charge on any atom is 0.330 e. The Morgan fingerprint density at radius 1 is 0.414 bits per heavy atom. The molecule has 0 atom stereocenters. The van der Waals surface area contributed by atoms with Gasteiger partial charge in [-0.1, -0.05) is 61.1 Å². The number of benzene rings is 6. The summed E-state index contributed by atoms with van der Waals surface area (Å²) in [5.74, 6) is 13.7. The molecule has 6 aromatic carbocycles. The first-order chi connectivity index (χ1) is 34.3. The summed E-state index contributed by atoms with van der Waals surface area (Å²) in [6.07, 6.45) is 11.1. The van der Waals surface area contributed by atoms with E-state index in [4.69, 9.17) is 28.4 Å². The average Bonchev–Trinajstić information content (AvgIpc) is 3.39. The van der Waals surface area contributed by atoms with Crippen LogP contribution in [0.15, 0.2) is 146 Å². The van der Waals surface area contributed by atoms with Crippen LogP contribution in [0.4, 0.5) is 0 Å². The average molecular weight is 940 g/mol. The molecule has 0 heterocycles. The summed E-state index contributed by atoms with van der Waals surface area (Å²) in [5.41, 5.74) is 3.17. The molecule has 0 fully saturated rings. The molecule has 0 bridgehead atoms. The van der Waals surface area contributed by atoms with Crippen LogP contribution in [0.25, 0.3) is 21.5 Å². The Hall–Kier alpha value is -8.15. The first-order valence-electron chi connectivity index (χ1n) is 23.6. The summed E-state index contributed by atoms with van der Waals surface area (Å²) < 4.78 is 33.8. The minimum absolute atomic E-state index is 0.0596. The van der Waals surface area contributed by atoms with Crippen LogP contribution in [0.3, 0.4) is 0 Å². The minimum atomic E-state index is -0.925. The highest BCUT2D eigenvalue weighted by molar-refractivity contribution is 5.98. The van der Waals surface area contributed by atoms with Crippen LogP contribution in [-0.2, 0) is 19.1 Å². The highest BCUT2D eigenvalue weighted by Crippen LogP contribution is 2.25. The molecule has 0 radical (unpaired) electrons. The standard InChI is InChI=1S/C59H57NO10/c1-3-57(61)69-37-11-7-5-9-33-66-53-30-26-48-39-45(19-24-50(48)42-53)16-15-44-21-28-52(29-22-44)65-35-13-14-36-68-56-32-23-47(41-55(56)59(63)60-64)18-17-46-20-25-51-43-54(31-27-49(51)40-46)67-34-10-6-8-12-38-70-58(62)4-2/h3-4,19-32,39-43H,1-2,5-14,33-38H2. The monoisotopic (exact) mass is 939 g/mol. The van der Waals surface area contributed by atoms with Gasteiger partial charge in [0, 0.05) is 39.6 Å². The van der Waals surface area contributed by atoms with E-state index >= 15 is 0 Å². The van der Waals surface area contributed by atoms with Crippen molar-refractivity contribution in [2.45, 2.75) is 64.2 Å². The zero-order chi connectivity index (χ0) is 49.2. The van der Waals surface area contributed by atoms with E-state index in [1.165, 1.54) is 18.2 Å². The van der Waals surface area contributed by atoms with Crippen LogP contribution in [0.5, 0.6) is 23.0 Å². The molecule has 358 valence electrons. The van der Waals surface area contributed by atoms with Gasteiger partial charge < -0.3 is 28.4 Å². The van der Waals surface area contributed by atoms with Crippen molar-refractivity contribution in [2.24, 2.45) is 5.18 Å². The summed E-state index contributed by atoms with van der Waals surface area (Å²) >= 11 is 0. The van der Waals surface area contributed by atoms with Gasteiger partial charge in [-0.25, -0.2) is 9.59 Å². The van der Waals surface area contributed by atoms with Gasteiger partial charge in [-0.3, -0.25) is 4.79 Å². The normalized spacial score (nSPS) is 10.5. The van der Waals surface area contributed by atoms with Crippen LogP contribution in [0, 0.1) is 28.6 Å². The molecule has 70 heavy (non-hydrogen) atoms. The van der Waals surface area contributed by atoms with E-state index in [1.54, 1.807) is 12.1 Å². The highest BCUT2D eigenvalue weighted by Gasteiger charge is 2.14. The van der Waals surface area contributed by atoms with E-state index in [1.807, 2.05) is 84.9 Å². The second-order valence-electron chi connectivity index (χ2n) is 16.3. The fourth-order valence-electron chi connectivity index (χ4n) is 7.19. The first kappa shape index (κ1) is 51.2. The zero-order valence-corrected chi connectivity index (χ0v) is 39.4. The third kappa shape index (κ3) is 17.2. The van der Waals surface area contributed by atoms with E-state index in [-0.39, 0.29) is 17.3 Å². The Balaban J connectivity index is 0.891. The van der Waals surface area contributed by atoms with Crippen molar-refractivity contribution in [3.63, 3.8) is 0 Å². The minimum Gasteiger partial charge on any atom is -0.494 e.